The van der Waals surface area contributed by atoms with Crippen molar-refractivity contribution in [1.29, 1.82) is 0 Å². The molecule has 0 saturated heterocycles. The summed E-state index contributed by atoms with van der Waals surface area (Å²) in [5, 5.41) is 3.94. The summed E-state index contributed by atoms with van der Waals surface area (Å²) < 4.78 is 11.5. The number of hydrogen-bond donors (Lipinski definition) is 1. The van der Waals surface area contributed by atoms with Crippen LogP contribution in [0.2, 0.25) is 0 Å². The van der Waals surface area contributed by atoms with Gasteiger partial charge < -0.3 is 14.5 Å². The molecule has 3 aromatic rings. The minimum atomic E-state index is -0.216. The lowest BCUT2D eigenvalue weighted by atomic mass is 10.1. The van der Waals surface area contributed by atoms with E-state index in [1.54, 1.807) is 0 Å². The minimum Gasteiger partial charge on any atom is -0.483 e. The number of fused-ring (bicyclic) bond motifs is 1. The van der Waals surface area contributed by atoms with Crippen LogP contribution in [-0.4, -0.2) is 12.5 Å². The van der Waals surface area contributed by atoms with Gasteiger partial charge in [0.15, 0.2) is 6.61 Å². The highest BCUT2D eigenvalue weighted by Gasteiger charge is 2.15. The fraction of sp³-hybridized carbons (Fsp3) is 0.250. The zero-order valence-electron chi connectivity index (χ0n) is 14.1. The second kappa shape index (κ2) is 6.79. The third kappa shape index (κ3) is 3.43. The Hall–Kier alpha value is -2.75. The van der Waals surface area contributed by atoms with Crippen LogP contribution in [0.4, 0.5) is 0 Å². The predicted molar refractivity (Wildman–Crippen MR) is 94.2 cm³/mol. The summed E-state index contributed by atoms with van der Waals surface area (Å²) in [7, 11) is 0. The average molecular weight is 323 g/mol. The van der Waals surface area contributed by atoms with Gasteiger partial charge in [-0.15, -0.1) is 0 Å². The number of ether oxygens (including phenoxy) is 1. The second-order valence-electron chi connectivity index (χ2n) is 5.99. The van der Waals surface area contributed by atoms with Crippen molar-refractivity contribution in [2.24, 2.45) is 0 Å². The lowest BCUT2D eigenvalue weighted by Gasteiger charge is -2.14. The Morgan fingerprint density at radius 2 is 1.83 bits per heavy atom. The Bertz CT molecular complexity index is 813. The zero-order chi connectivity index (χ0) is 17.1. The fourth-order valence-electron chi connectivity index (χ4n) is 2.73. The first kappa shape index (κ1) is 16.1. The van der Waals surface area contributed by atoms with Crippen LogP contribution in [0.15, 0.2) is 52.9 Å². The van der Waals surface area contributed by atoms with Crippen LogP contribution in [0.3, 0.4) is 0 Å². The molecule has 1 N–H and O–H groups in total. The van der Waals surface area contributed by atoms with E-state index < -0.39 is 0 Å². The Morgan fingerprint density at radius 1 is 1.12 bits per heavy atom. The number of amides is 1. The van der Waals surface area contributed by atoms with Gasteiger partial charge in [0.2, 0.25) is 0 Å². The zero-order valence-corrected chi connectivity index (χ0v) is 14.1. The third-order valence-corrected chi connectivity index (χ3v) is 4.01. The van der Waals surface area contributed by atoms with E-state index in [4.69, 9.17) is 9.15 Å². The molecular weight excluding hydrogens is 302 g/mol. The van der Waals surface area contributed by atoms with Crippen LogP contribution in [-0.2, 0) is 4.79 Å². The van der Waals surface area contributed by atoms with Crippen molar-refractivity contribution in [1.82, 2.24) is 5.32 Å². The van der Waals surface area contributed by atoms with Gasteiger partial charge in [-0.3, -0.25) is 4.79 Å². The molecule has 0 unspecified atom stereocenters. The van der Waals surface area contributed by atoms with Gasteiger partial charge >= 0.3 is 0 Å². The van der Waals surface area contributed by atoms with Crippen molar-refractivity contribution in [2.75, 3.05) is 6.61 Å². The molecule has 1 amide bonds. The van der Waals surface area contributed by atoms with Gasteiger partial charge in [-0.1, -0.05) is 36.4 Å². The summed E-state index contributed by atoms with van der Waals surface area (Å²) in [6.07, 6.45) is 0. The summed E-state index contributed by atoms with van der Waals surface area (Å²) in [5.41, 5.74) is 2.86. The summed E-state index contributed by atoms with van der Waals surface area (Å²) in [6, 6.07) is 15.4. The molecule has 0 bridgehead atoms. The fourth-order valence-corrected chi connectivity index (χ4v) is 2.73. The van der Waals surface area contributed by atoms with Gasteiger partial charge in [-0.2, -0.15) is 0 Å². The maximum Gasteiger partial charge on any atom is 0.258 e. The van der Waals surface area contributed by atoms with Crippen LogP contribution < -0.4 is 10.1 Å². The maximum atomic E-state index is 12.2. The molecule has 1 aromatic heterocycles. The van der Waals surface area contributed by atoms with E-state index in [0.29, 0.717) is 0 Å². The van der Waals surface area contributed by atoms with Crippen LogP contribution in [0, 0.1) is 13.8 Å². The van der Waals surface area contributed by atoms with Crippen molar-refractivity contribution in [3.63, 3.8) is 0 Å². The molecule has 1 heterocycles. The number of para-hydroxylation sites is 2. The van der Waals surface area contributed by atoms with Crippen molar-refractivity contribution in [2.45, 2.75) is 26.8 Å². The second-order valence-corrected chi connectivity index (χ2v) is 5.99. The van der Waals surface area contributed by atoms with Gasteiger partial charge in [0.05, 0.1) is 6.04 Å². The van der Waals surface area contributed by atoms with Gasteiger partial charge in [0, 0.05) is 5.39 Å². The first-order valence-electron chi connectivity index (χ1n) is 8.01. The molecule has 0 saturated carbocycles. The summed E-state index contributed by atoms with van der Waals surface area (Å²) in [4.78, 5) is 12.2. The maximum absolute atomic E-state index is 12.2. The molecule has 24 heavy (non-hydrogen) atoms. The third-order valence-electron chi connectivity index (χ3n) is 4.01. The summed E-state index contributed by atoms with van der Waals surface area (Å²) in [6.45, 7) is 5.82. The number of furan rings is 1. The van der Waals surface area contributed by atoms with Crippen LogP contribution in [0.5, 0.6) is 5.75 Å². The largest absolute Gasteiger partial charge is 0.483 e. The van der Waals surface area contributed by atoms with E-state index in [2.05, 4.69) is 5.32 Å². The number of carbonyl (C=O) groups excluding carboxylic acids is 1. The number of carbonyl (C=O) groups is 1. The molecule has 4 heteroatoms. The molecule has 4 nitrogen and oxygen atoms in total. The van der Waals surface area contributed by atoms with Gasteiger partial charge in [0.1, 0.15) is 17.1 Å². The van der Waals surface area contributed by atoms with E-state index in [1.165, 1.54) is 0 Å². The van der Waals surface area contributed by atoms with Crippen molar-refractivity contribution >= 4 is 16.9 Å². The smallest absolute Gasteiger partial charge is 0.258 e. The highest BCUT2D eigenvalue weighted by Crippen LogP contribution is 2.24. The molecule has 0 radical (unpaired) electrons. The first-order chi connectivity index (χ1) is 11.5. The van der Waals surface area contributed by atoms with E-state index in [9.17, 15) is 4.79 Å². The van der Waals surface area contributed by atoms with Crippen LogP contribution in [0.1, 0.15) is 29.9 Å². The monoisotopic (exact) mass is 323 g/mol. The van der Waals surface area contributed by atoms with E-state index in [-0.39, 0.29) is 18.6 Å². The SMILES string of the molecule is Cc1cccc(C)c1OCC(=O)N[C@@H](C)c1cc2ccccc2o1. The standard InChI is InChI=1S/C20H21NO3/c1-13-7-6-8-14(2)20(13)23-12-19(22)21-15(3)18-11-16-9-4-5-10-17(16)24-18/h4-11,15H,12H2,1-3H3,(H,21,22)/t15-/m0/s1. The molecule has 0 aliphatic carbocycles. The molecule has 3 rings (SSSR count). The van der Waals surface area contributed by atoms with Gasteiger partial charge in [-0.05, 0) is 44.0 Å². The Balaban J connectivity index is 1.62. The highest BCUT2D eigenvalue weighted by atomic mass is 16.5. The van der Waals surface area contributed by atoms with Crippen molar-refractivity contribution < 1.29 is 13.9 Å². The molecule has 124 valence electrons. The van der Waals surface area contributed by atoms with Gasteiger partial charge in [-0.25, -0.2) is 0 Å². The van der Waals surface area contributed by atoms with Crippen molar-refractivity contribution in [3.05, 3.63) is 65.4 Å². The molecular formula is C20H21NO3. The quantitative estimate of drug-likeness (QED) is 0.761. The average Bonchev–Trinajstić information content (AvgIpc) is 2.98. The van der Waals surface area contributed by atoms with Crippen molar-refractivity contribution in [3.8, 4) is 5.75 Å². The van der Waals surface area contributed by atoms with Gasteiger partial charge in [0.25, 0.3) is 5.91 Å². The number of nitrogens with one attached hydrogen (secondary N) is 1. The summed E-state index contributed by atoms with van der Waals surface area (Å²) >= 11 is 0. The number of hydrogen-bond acceptors (Lipinski definition) is 3. The van der Waals surface area contributed by atoms with Crippen LogP contribution >= 0.6 is 0 Å². The Labute approximate surface area is 141 Å². The number of benzene rings is 2. The lowest BCUT2D eigenvalue weighted by Crippen LogP contribution is -2.31. The topological polar surface area (TPSA) is 51.5 Å². The number of aryl methyl sites for hydroxylation is 2. The van der Waals surface area contributed by atoms with E-state index in [0.717, 1.165) is 33.6 Å². The molecule has 1 atom stereocenters. The lowest BCUT2D eigenvalue weighted by molar-refractivity contribution is -0.123. The minimum absolute atomic E-state index is 0.0176. The molecule has 0 spiro atoms. The van der Waals surface area contributed by atoms with E-state index in [1.807, 2.05) is 69.3 Å². The molecule has 0 aliphatic rings. The normalized spacial score (nSPS) is 12.1. The predicted octanol–water partition coefficient (Wildman–Crippen LogP) is 4.31. The summed E-state index contributed by atoms with van der Waals surface area (Å²) in [5.74, 6) is 1.33. The molecule has 2 aromatic carbocycles. The first-order valence-corrected chi connectivity index (χ1v) is 8.01. The van der Waals surface area contributed by atoms with E-state index >= 15 is 0 Å². The molecule has 0 aliphatic heterocycles. The van der Waals surface area contributed by atoms with Crippen LogP contribution in [0.25, 0.3) is 11.0 Å². The Kier molecular flexibility index (Phi) is 4.56. The number of rotatable bonds is 5. The highest BCUT2D eigenvalue weighted by molar-refractivity contribution is 5.79. The Morgan fingerprint density at radius 3 is 2.54 bits per heavy atom. The molecule has 0 fully saturated rings.